The Hall–Kier alpha value is -4.38. The van der Waals surface area contributed by atoms with Gasteiger partial charge in [-0.15, -0.1) is 0 Å². The molecular weight excluding hydrogens is 426 g/mol. The summed E-state index contributed by atoms with van der Waals surface area (Å²) in [5.74, 6) is -0.905. The van der Waals surface area contributed by atoms with Crippen LogP contribution in [0.25, 0.3) is 28.0 Å². The first-order valence-corrected chi connectivity index (χ1v) is 11.1. The maximum Gasteiger partial charge on any atom is 0.407 e. The highest BCUT2D eigenvalue weighted by atomic mass is 16.5. The number of carboxylic acid groups (broad SMARTS) is 1. The van der Waals surface area contributed by atoms with Crippen LogP contribution in [0.15, 0.2) is 91.0 Å². The number of alkyl carbamates (subject to hydrolysis) is 1. The summed E-state index contributed by atoms with van der Waals surface area (Å²) in [4.78, 5) is 23.4. The molecule has 0 saturated heterocycles. The van der Waals surface area contributed by atoms with E-state index >= 15 is 0 Å². The Morgan fingerprint density at radius 3 is 2.21 bits per heavy atom. The molecule has 4 aromatic rings. The molecule has 2 N–H and O–H groups in total. The molecule has 5 rings (SSSR count). The molecule has 1 aliphatic carbocycles. The maximum absolute atomic E-state index is 12.3. The van der Waals surface area contributed by atoms with Crippen molar-refractivity contribution in [2.45, 2.75) is 5.92 Å². The lowest BCUT2D eigenvalue weighted by molar-refractivity contribution is 0.0697. The number of carbonyl (C=O) groups excluding carboxylic acids is 1. The molecule has 0 bridgehead atoms. The molecule has 0 heterocycles. The van der Waals surface area contributed by atoms with Crippen LogP contribution in [-0.4, -0.2) is 30.3 Å². The normalized spacial score (nSPS) is 12.5. The van der Waals surface area contributed by atoms with Gasteiger partial charge < -0.3 is 15.2 Å². The molecule has 0 fully saturated rings. The number of carbonyl (C=O) groups is 2. The van der Waals surface area contributed by atoms with Gasteiger partial charge in [0.05, 0.1) is 5.56 Å². The van der Waals surface area contributed by atoms with Gasteiger partial charge >= 0.3 is 12.1 Å². The molecule has 4 aromatic carbocycles. The van der Waals surface area contributed by atoms with Crippen molar-refractivity contribution in [2.75, 3.05) is 13.2 Å². The van der Waals surface area contributed by atoms with E-state index in [2.05, 4.69) is 29.6 Å². The minimum atomic E-state index is -0.940. The van der Waals surface area contributed by atoms with Crippen molar-refractivity contribution in [3.8, 4) is 11.1 Å². The molecule has 5 nitrogen and oxygen atoms in total. The van der Waals surface area contributed by atoms with Crippen LogP contribution in [0.1, 0.15) is 33.0 Å². The highest BCUT2D eigenvalue weighted by Crippen LogP contribution is 2.44. The van der Waals surface area contributed by atoms with Crippen molar-refractivity contribution >= 4 is 28.9 Å². The van der Waals surface area contributed by atoms with Crippen LogP contribution in [-0.2, 0) is 4.74 Å². The number of hydrogen-bond donors (Lipinski definition) is 2. The molecule has 1 aliphatic rings. The van der Waals surface area contributed by atoms with Gasteiger partial charge in [-0.3, -0.25) is 0 Å². The SMILES string of the molecule is O=C(NCC=Cc1ccc2cc(C(=O)O)ccc2c1)OCC1c2ccccc2-c2ccccc21. The first-order chi connectivity index (χ1) is 16.6. The number of rotatable bonds is 6. The lowest BCUT2D eigenvalue weighted by Crippen LogP contribution is -2.26. The Morgan fingerprint density at radius 1 is 0.853 bits per heavy atom. The molecule has 0 aromatic heterocycles. The van der Waals surface area contributed by atoms with Crippen LogP contribution < -0.4 is 5.32 Å². The van der Waals surface area contributed by atoms with Gasteiger partial charge in [-0.25, -0.2) is 9.59 Å². The predicted molar refractivity (Wildman–Crippen MR) is 133 cm³/mol. The Balaban J connectivity index is 1.17. The smallest absolute Gasteiger partial charge is 0.407 e. The second kappa shape index (κ2) is 9.24. The Morgan fingerprint density at radius 2 is 1.50 bits per heavy atom. The number of fused-ring (bicyclic) bond motifs is 4. The fraction of sp³-hybridized carbons (Fsp3) is 0.103. The van der Waals surface area contributed by atoms with Crippen LogP contribution in [0.2, 0.25) is 0 Å². The molecule has 0 aliphatic heterocycles. The van der Waals surface area contributed by atoms with E-state index in [9.17, 15) is 9.59 Å². The molecule has 34 heavy (non-hydrogen) atoms. The Bertz CT molecular complexity index is 1380. The van der Waals surface area contributed by atoms with Crippen LogP contribution >= 0.6 is 0 Å². The largest absolute Gasteiger partial charge is 0.478 e. The van der Waals surface area contributed by atoms with Crippen LogP contribution in [0, 0.1) is 0 Å². The van der Waals surface area contributed by atoms with Crippen LogP contribution in [0.4, 0.5) is 4.79 Å². The molecular formula is C29H23NO4. The topological polar surface area (TPSA) is 75.6 Å². The summed E-state index contributed by atoms with van der Waals surface area (Å²) in [6.07, 6.45) is 3.31. The average molecular weight is 450 g/mol. The number of aromatic carboxylic acids is 1. The summed E-state index contributed by atoms with van der Waals surface area (Å²) in [6.45, 7) is 0.624. The number of benzene rings is 4. The molecule has 0 unspecified atom stereocenters. The van der Waals surface area contributed by atoms with Gasteiger partial charge in [0.25, 0.3) is 0 Å². The number of nitrogens with one attached hydrogen (secondary N) is 1. The van der Waals surface area contributed by atoms with Crippen molar-refractivity contribution in [3.63, 3.8) is 0 Å². The van der Waals surface area contributed by atoms with Gasteiger partial charge in [-0.05, 0) is 56.8 Å². The van der Waals surface area contributed by atoms with E-state index in [-0.39, 0.29) is 18.1 Å². The van der Waals surface area contributed by atoms with Crippen molar-refractivity contribution < 1.29 is 19.4 Å². The molecule has 168 valence electrons. The number of hydrogen-bond acceptors (Lipinski definition) is 3. The zero-order valence-electron chi connectivity index (χ0n) is 18.4. The molecule has 0 atom stereocenters. The standard InChI is InChI=1S/C29H23NO4/c31-28(32)22-14-13-20-16-19(11-12-21(20)17-22)6-5-15-30-29(33)34-18-27-25-9-3-1-7-23(25)24-8-2-4-10-26(24)27/h1-14,16-17,27H,15,18H2,(H,30,33)(H,31,32). The van der Waals surface area contributed by atoms with Gasteiger partial charge in [-0.2, -0.15) is 0 Å². The summed E-state index contributed by atoms with van der Waals surface area (Å²) in [6, 6.07) is 27.3. The first kappa shape index (κ1) is 21.5. The second-order valence-corrected chi connectivity index (χ2v) is 8.24. The minimum Gasteiger partial charge on any atom is -0.478 e. The third kappa shape index (κ3) is 4.28. The molecule has 0 radical (unpaired) electrons. The summed E-state index contributed by atoms with van der Waals surface area (Å²) in [5.41, 5.74) is 5.99. The molecule has 1 amide bonds. The number of amides is 1. The minimum absolute atomic E-state index is 0.0351. The maximum atomic E-state index is 12.3. The van der Waals surface area contributed by atoms with Crippen molar-refractivity contribution in [1.82, 2.24) is 5.32 Å². The van der Waals surface area contributed by atoms with E-state index in [4.69, 9.17) is 9.84 Å². The molecule has 0 spiro atoms. The van der Waals surface area contributed by atoms with E-state index in [1.165, 1.54) is 22.3 Å². The van der Waals surface area contributed by atoms with Gasteiger partial charge in [0, 0.05) is 12.5 Å². The highest BCUT2D eigenvalue weighted by molar-refractivity contribution is 5.95. The van der Waals surface area contributed by atoms with Crippen molar-refractivity contribution in [2.24, 2.45) is 0 Å². The van der Waals surface area contributed by atoms with E-state index < -0.39 is 12.1 Å². The highest BCUT2D eigenvalue weighted by Gasteiger charge is 2.28. The van der Waals surface area contributed by atoms with Crippen molar-refractivity contribution in [1.29, 1.82) is 0 Å². The zero-order valence-corrected chi connectivity index (χ0v) is 18.4. The van der Waals surface area contributed by atoms with Gasteiger partial charge in [0.1, 0.15) is 6.61 Å². The van der Waals surface area contributed by atoms with E-state index in [0.29, 0.717) is 6.54 Å². The lowest BCUT2D eigenvalue weighted by Gasteiger charge is -2.14. The van der Waals surface area contributed by atoms with Gasteiger partial charge in [0.15, 0.2) is 0 Å². The number of ether oxygens (including phenoxy) is 1. The summed E-state index contributed by atoms with van der Waals surface area (Å²) >= 11 is 0. The summed E-state index contributed by atoms with van der Waals surface area (Å²) in [5, 5.41) is 13.7. The number of carboxylic acids is 1. The second-order valence-electron chi connectivity index (χ2n) is 8.24. The summed E-state index contributed by atoms with van der Waals surface area (Å²) in [7, 11) is 0. The van der Waals surface area contributed by atoms with Crippen molar-refractivity contribution in [3.05, 3.63) is 113 Å². The summed E-state index contributed by atoms with van der Waals surface area (Å²) < 4.78 is 5.55. The van der Waals surface area contributed by atoms with Crippen LogP contribution in [0.3, 0.4) is 0 Å². The third-order valence-electron chi connectivity index (χ3n) is 6.13. The first-order valence-electron chi connectivity index (χ1n) is 11.1. The quantitative estimate of drug-likeness (QED) is 0.373. The predicted octanol–water partition coefficient (Wildman–Crippen LogP) is 6.09. The fourth-order valence-electron chi connectivity index (χ4n) is 4.49. The third-order valence-corrected chi connectivity index (χ3v) is 6.13. The fourth-order valence-corrected chi connectivity index (χ4v) is 4.49. The van der Waals surface area contributed by atoms with Gasteiger partial charge in [-0.1, -0.05) is 78.9 Å². The van der Waals surface area contributed by atoms with Crippen LogP contribution in [0.5, 0.6) is 0 Å². The van der Waals surface area contributed by atoms with E-state index in [1.807, 2.05) is 54.6 Å². The van der Waals surface area contributed by atoms with Gasteiger partial charge in [0.2, 0.25) is 0 Å². The molecule has 0 saturated carbocycles. The average Bonchev–Trinajstić information content (AvgIpc) is 3.18. The Kier molecular flexibility index (Phi) is 5.83. The molecule has 5 heteroatoms. The zero-order chi connectivity index (χ0) is 23.5. The van der Waals surface area contributed by atoms with E-state index in [0.717, 1.165) is 16.3 Å². The monoisotopic (exact) mass is 449 g/mol. The van der Waals surface area contributed by atoms with E-state index in [1.54, 1.807) is 18.2 Å². The Labute approximate surface area is 197 Å². The lowest BCUT2D eigenvalue weighted by atomic mass is 9.98.